The minimum absolute atomic E-state index is 0.157. The molecule has 0 atom stereocenters. The van der Waals surface area contributed by atoms with E-state index in [1.165, 1.54) is 0 Å². The van der Waals surface area contributed by atoms with E-state index in [0.29, 0.717) is 36.7 Å². The van der Waals surface area contributed by atoms with Crippen LogP contribution in [0, 0.1) is 12.8 Å². The Bertz CT molecular complexity index is 758. The molecule has 22 heavy (non-hydrogen) atoms. The Kier molecular flexibility index (Phi) is 3.98. The van der Waals surface area contributed by atoms with Crippen molar-refractivity contribution in [1.29, 1.82) is 0 Å². The number of benzene rings is 1. The van der Waals surface area contributed by atoms with E-state index < -0.39 is 5.63 Å². The molecule has 1 aliphatic rings. The number of piperidine rings is 1. The molecule has 2 N–H and O–H groups in total. The van der Waals surface area contributed by atoms with Gasteiger partial charge >= 0.3 is 5.63 Å². The first-order valence-corrected chi connectivity index (χ1v) is 7.63. The van der Waals surface area contributed by atoms with Crippen LogP contribution >= 0.6 is 0 Å². The minimum atomic E-state index is -0.554. The average Bonchev–Trinajstić information content (AvgIpc) is 2.55. The van der Waals surface area contributed by atoms with Crippen LogP contribution in [0.3, 0.4) is 0 Å². The maximum atomic E-state index is 12.7. The first-order chi connectivity index (χ1) is 10.6. The Labute approximate surface area is 128 Å². The molecule has 1 aliphatic heterocycles. The summed E-state index contributed by atoms with van der Waals surface area (Å²) in [7, 11) is 0. The molecule has 3 rings (SSSR count). The molecule has 1 aromatic carbocycles. The number of carbonyl (C=O) groups excluding carboxylic acids is 1. The maximum Gasteiger partial charge on any atom is 0.349 e. The summed E-state index contributed by atoms with van der Waals surface area (Å²) in [6.45, 7) is 3.75. The number of carbonyl (C=O) groups is 1. The second kappa shape index (κ2) is 5.93. The molecule has 5 heteroatoms. The lowest BCUT2D eigenvalue weighted by Crippen LogP contribution is -2.41. The number of nitrogens with two attached hydrogens (primary N) is 1. The third-order valence-corrected chi connectivity index (χ3v) is 4.52. The third kappa shape index (κ3) is 2.52. The highest BCUT2D eigenvalue weighted by atomic mass is 16.4. The first kappa shape index (κ1) is 14.8. The van der Waals surface area contributed by atoms with Gasteiger partial charge in [0.25, 0.3) is 5.91 Å². The fraction of sp³-hybridized carbons (Fsp3) is 0.412. The van der Waals surface area contributed by atoms with Gasteiger partial charge in [-0.3, -0.25) is 4.79 Å². The summed E-state index contributed by atoms with van der Waals surface area (Å²) in [5.41, 5.74) is 6.49. The molecule has 2 aromatic rings. The first-order valence-electron chi connectivity index (χ1n) is 7.63. The number of aryl methyl sites for hydroxylation is 1. The number of likely N-dealkylation sites (tertiary alicyclic amines) is 1. The zero-order valence-corrected chi connectivity index (χ0v) is 12.7. The molecule has 1 saturated heterocycles. The van der Waals surface area contributed by atoms with Crippen molar-refractivity contribution in [3.8, 4) is 0 Å². The Morgan fingerprint density at radius 3 is 2.68 bits per heavy atom. The van der Waals surface area contributed by atoms with E-state index >= 15 is 0 Å². The van der Waals surface area contributed by atoms with Gasteiger partial charge in [-0.1, -0.05) is 18.2 Å². The highest BCUT2D eigenvalue weighted by Crippen LogP contribution is 2.22. The molecule has 1 fully saturated rings. The van der Waals surface area contributed by atoms with Crippen molar-refractivity contribution in [2.24, 2.45) is 11.7 Å². The van der Waals surface area contributed by atoms with E-state index in [1.54, 1.807) is 17.9 Å². The smallest absolute Gasteiger partial charge is 0.349 e. The van der Waals surface area contributed by atoms with Gasteiger partial charge in [0, 0.05) is 18.5 Å². The molecule has 116 valence electrons. The van der Waals surface area contributed by atoms with Gasteiger partial charge in [0.1, 0.15) is 11.1 Å². The molecule has 0 saturated carbocycles. The van der Waals surface area contributed by atoms with Crippen molar-refractivity contribution in [2.75, 3.05) is 19.6 Å². The SMILES string of the molecule is Cc1c(C(=O)N2CCC(CN)CC2)c(=O)oc2ccccc12. The summed E-state index contributed by atoms with van der Waals surface area (Å²) in [6, 6.07) is 7.29. The fourth-order valence-electron chi connectivity index (χ4n) is 3.08. The van der Waals surface area contributed by atoms with Crippen molar-refractivity contribution in [3.05, 3.63) is 45.8 Å². The van der Waals surface area contributed by atoms with E-state index in [1.807, 2.05) is 18.2 Å². The molecule has 0 unspecified atom stereocenters. The summed E-state index contributed by atoms with van der Waals surface area (Å²) >= 11 is 0. The van der Waals surface area contributed by atoms with Crippen LogP contribution in [-0.2, 0) is 0 Å². The lowest BCUT2D eigenvalue weighted by Gasteiger charge is -2.31. The Morgan fingerprint density at radius 1 is 1.32 bits per heavy atom. The summed E-state index contributed by atoms with van der Waals surface area (Å²) in [4.78, 5) is 26.7. The maximum absolute atomic E-state index is 12.7. The van der Waals surface area contributed by atoms with Crippen molar-refractivity contribution >= 4 is 16.9 Å². The molecule has 1 amide bonds. The second-order valence-corrected chi connectivity index (χ2v) is 5.86. The van der Waals surface area contributed by atoms with Crippen molar-refractivity contribution in [1.82, 2.24) is 4.90 Å². The largest absolute Gasteiger partial charge is 0.422 e. The molecule has 0 spiro atoms. The van der Waals surface area contributed by atoms with Crippen molar-refractivity contribution in [2.45, 2.75) is 19.8 Å². The molecular formula is C17H20N2O3. The summed E-state index contributed by atoms with van der Waals surface area (Å²) in [5.74, 6) is 0.241. The van der Waals surface area contributed by atoms with E-state index in [0.717, 1.165) is 18.2 Å². The van der Waals surface area contributed by atoms with Gasteiger partial charge in [0.2, 0.25) is 0 Å². The predicted octanol–water partition coefficient (Wildman–Crippen LogP) is 1.91. The van der Waals surface area contributed by atoms with Crippen LogP contribution in [0.2, 0.25) is 0 Å². The number of hydrogen-bond donors (Lipinski definition) is 1. The van der Waals surface area contributed by atoms with Gasteiger partial charge in [-0.25, -0.2) is 4.79 Å². The van der Waals surface area contributed by atoms with Gasteiger partial charge in [0.05, 0.1) is 0 Å². The van der Waals surface area contributed by atoms with Crippen LogP contribution in [0.15, 0.2) is 33.5 Å². The topological polar surface area (TPSA) is 76.5 Å². The van der Waals surface area contributed by atoms with Crippen LogP contribution in [0.1, 0.15) is 28.8 Å². The van der Waals surface area contributed by atoms with Gasteiger partial charge < -0.3 is 15.1 Å². The molecule has 5 nitrogen and oxygen atoms in total. The molecule has 0 bridgehead atoms. The highest BCUT2D eigenvalue weighted by Gasteiger charge is 2.27. The number of amides is 1. The van der Waals surface area contributed by atoms with Gasteiger partial charge in [-0.2, -0.15) is 0 Å². The molecular weight excluding hydrogens is 280 g/mol. The second-order valence-electron chi connectivity index (χ2n) is 5.86. The van der Waals surface area contributed by atoms with Crippen molar-refractivity contribution < 1.29 is 9.21 Å². The average molecular weight is 300 g/mol. The number of rotatable bonds is 2. The standard InChI is InChI=1S/C17H20N2O3/c1-11-13-4-2-3-5-14(13)22-17(21)15(11)16(20)19-8-6-12(10-18)7-9-19/h2-5,12H,6-10,18H2,1H3. The quantitative estimate of drug-likeness (QED) is 0.860. The van der Waals surface area contributed by atoms with Crippen LogP contribution in [0.25, 0.3) is 11.0 Å². The van der Waals surface area contributed by atoms with Gasteiger partial charge in [0.15, 0.2) is 0 Å². The van der Waals surface area contributed by atoms with Gasteiger partial charge in [-0.05, 0) is 43.9 Å². The van der Waals surface area contributed by atoms with E-state index in [9.17, 15) is 9.59 Å². The number of para-hydroxylation sites is 1. The highest BCUT2D eigenvalue weighted by molar-refractivity contribution is 5.99. The molecule has 2 heterocycles. The number of fused-ring (bicyclic) bond motifs is 1. The van der Waals surface area contributed by atoms with Crippen LogP contribution in [-0.4, -0.2) is 30.4 Å². The van der Waals surface area contributed by atoms with E-state index in [4.69, 9.17) is 10.2 Å². The zero-order chi connectivity index (χ0) is 15.7. The summed E-state index contributed by atoms with van der Waals surface area (Å²) in [5, 5.41) is 0.808. The Hall–Kier alpha value is -2.14. The summed E-state index contributed by atoms with van der Waals surface area (Å²) < 4.78 is 5.30. The summed E-state index contributed by atoms with van der Waals surface area (Å²) in [6.07, 6.45) is 1.78. The molecule has 1 aromatic heterocycles. The van der Waals surface area contributed by atoms with Crippen molar-refractivity contribution in [3.63, 3.8) is 0 Å². The third-order valence-electron chi connectivity index (χ3n) is 4.52. The number of nitrogens with zero attached hydrogens (tertiary/aromatic N) is 1. The van der Waals surface area contributed by atoms with E-state index in [-0.39, 0.29) is 11.5 Å². The Balaban J connectivity index is 1.96. The van der Waals surface area contributed by atoms with Crippen LogP contribution < -0.4 is 11.4 Å². The molecule has 0 aliphatic carbocycles. The lowest BCUT2D eigenvalue weighted by atomic mass is 9.96. The molecule has 0 radical (unpaired) electrons. The fourth-order valence-corrected chi connectivity index (χ4v) is 3.08. The minimum Gasteiger partial charge on any atom is -0.422 e. The lowest BCUT2D eigenvalue weighted by molar-refractivity contribution is 0.0688. The monoisotopic (exact) mass is 300 g/mol. The van der Waals surface area contributed by atoms with Crippen LogP contribution in [0.4, 0.5) is 0 Å². The normalized spacial score (nSPS) is 16.2. The predicted molar refractivity (Wildman–Crippen MR) is 84.9 cm³/mol. The van der Waals surface area contributed by atoms with Crippen LogP contribution in [0.5, 0.6) is 0 Å². The van der Waals surface area contributed by atoms with E-state index in [2.05, 4.69) is 0 Å². The Morgan fingerprint density at radius 2 is 2.00 bits per heavy atom. The van der Waals surface area contributed by atoms with Gasteiger partial charge in [-0.15, -0.1) is 0 Å². The number of hydrogen-bond acceptors (Lipinski definition) is 4. The zero-order valence-electron chi connectivity index (χ0n) is 12.7.